The zero-order valence-electron chi connectivity index (χ0n) is 15.4. The van der Waals surface area contributed by atoms with E-state index in [1.807, 2.05) is 6.92 Å². The molecule has 3 heterocycles. The molecule has 8 unspecified atom stereocenters. The van der Waals surface area contributed by atoms with Crippen LogP contribution in [0.2, 0.25) is 0 Å². The molecule has 146 valence electrons. The number of esters is 2. The fraction of sp³-hybridized carbons (Fsp3) is 0.700. The smallest absolute Gasteiger partial charge is 0.341 e. The Balaban J connectivity index is 1.61. The van der Waals surface area contributed by atoms with E-state index in [0.717, 1.165) is 5.56 Å². The molecule has 1 aromatic rings. The summed E-state index contributed by atoms with van der Waals surface area (Å²) in [5, 5.41) is 21.8. The monoisotopic (exact) mass is 376 g/mol. The molecule has 27 heavy (non-hydrogen) atoms. The summed E-state index contributed by atoms with van der Waals surface area (Å²) in [6.07, 6.45) is 2.75. The highest BCUT2D eigenvalue weighted by Gasteiger charge is 2.78. The number of carbonyl (C=O) groups is 2. The zero-order chi connectivity index (χ0) is 19.2. The average molecular weight is 376 g/mol. The Kier molecular flexibility index (Phi) is 3.29. The Morgan fingerprint density at radius 1 is 1.19 bits per heavy atom. The van der Waals surface area contributed by atoms with Gasteiger partial charge in [0, 0.05) is 5.56 Å². The van der Waals surface area contributed by atoms with Crippen molar-refractivity contribution in [3.8, 4) is 0 Å². The highest BCUT2D eigenvalue weighted by molar-refractivity contribution is 5.85. The maximum Gasteiger partial charge on any atom is 0.341 e. The maximum absolute atomic E-state index is 12.9. The van der Waals surface area contributed by atoms with Crippen molar-refractivity contribution < 1.29 is 33.7 Å². The molecule has 8 atom stereocenters. The topological polar surface area (TPSA) is 106 Å². The molecule has 2 aliphatic heterocycles. The molecule has 0 amide bonds. The predicted molar refractivity (Wildman–Crippen MR) is 90.0 cm³/mol. The molecule has 7 heteroatoms. The van der Waals surface area contributed by atoms with Crippen LogP contribution in [0.25, 0.3) is 0 Å². The number of furan rings is 1. The van der Waals surface area contributed by atoms with E-state index in [4.69, 9.17) is 13.9 Å². The number of ether oxygens (including phenoxy) is 2. The second-order valence-corrected chi connectivity index (χ2v) is 9.07. The van der Waals surface area contributed by atoms with E-state index in [-0.39, 0.29) is 11.9 Å². The number of aliphatic hydroxyl groups is 2. The Bertz CT molecular complexity index is 803. The predicted octanol–water partition coefficient (Wildman–Crippen LogP) is 1.73. The minimum atomic E-state index is -1.93. The van der Waals surface area contributed by atoms with Crippen LogP contribution in [0.4, 0.5) is 0 Å². The van der Waals surface area contributed by atoms with Crippen LogP contribution in [0.5, 0.6) is 0 Å². The molecule has 5 rings (SSSR count). The molecule has 1 aromatic heterocycles. The van der Waals surface area contributed by atoms with Gasteiger partial charge >= 0.3 is 11.9 Å². The van der Waals surface area contributed by atoms with Gasteiger partial charge in [-0.25, -0.2) is 4.79 Å². The van der Waals surface area contributed by atoms with Crippen LogP contribution < -0.4 is 0 Å². The first-order valence-corrected chi connectivity index (χ1v) is 9.57. The lowest BCUT2D eigenvalue weighted by Gasteiger charge is -2.62. The van der Waals surface area contributed by atoms with Gasteiger partial charge in [0.15, 0.2) is 5.60 Å². The lowest BCUT2D eigenvalue weighted by Crippen LogP contribution is -2.70. The maximum atomic E-state index is 12.9. The van der Waals surface area contributed by atoms with Crippen molar-refractivity contribution in [3.05, 3.63) is 24.2 Å². The van der Waals surface area contributed by atoms with Gasteiger partial charge in [0.1, 0.15) is 12.2 Å². The molecule has 0 radical (unpaired) electrons. The first-order chi connectivity index (χ1) is 12.7. The van der Waals surface area contributed by atoms with Crippen molar-refractivity contribution in [2.75, 3.05) is 0 Å². The van der Waals surface area contributed by atoms with E-state index in [1.165, 1.54) is 0 Å². The van der Waals surface area contributed by atoms with E-state index in [2.05, 4.69) is 6.92 Å². The van der Waals surface area contributed by atoms with Crippen LogP contribution in [0.1, 0.15) is 51.2 Å². The third-order valence-electron chi connectivity index (χ3n) is 8.11. The molecule has 4 aliphatic rings. The number of rotatable bonds is 1. The van der Waals surface area contributed by atoms with Gasteiger partial charge in [-0.2, -0.15) is 0 Å². The van der Waals surface area contributed by atoms with Crippen LogP contribution in [-0.2, 0) is 19.1 Å². The van der Waals surface area contributed by atoms with E-state index in [9.17, 15) is 19.8 Å². The van der Waals surface area contributed by atoms with Gasteiger partial charge in [0.05, 0.1) is 30.0 Å². The molecule has 2 saturated heterocycles. The lowest BCUT2D eigenvalue weighted by atomic mass is 9.42. The summed E-state index contributed by atoms with van der Waals surface area (Å²) in [6.45, 7) is 3.89. The largest absolute Gasteiger partial charge is 0.472 e. The highest BCUT2D eigenvalue weighted by Crippen LogP contribution is 2.69. The first-order valence-electron chi connectivity index (χ1n) is 9.57. The van der Waals surface area contributed by atoms with Crippen molar-refractivity contribution in [1.82, 2.24) is 0 Å². The minimum absolute atomic E-state index is 0.157. The zero-order valence-corrected chi connectivity index (χ0v) is 15.4. The van der Waals surface area contributed by atoms with Gasteiger partial charge in [0.2, 0.25) is 0 Å². The van der Waals surface area contributed by atoms with E-state index in [1.54, 1.807) is 18.6 Å². The Labute approximate surface area is 156 Å². The molecule has 4 fully saturated rings. The molecule has 0 spiro atoms. The third-order valence-corrected chi connectivity index (χ3v) is 8.11. The van der Waals surface area contributed by atoms with Crippen molar-refractivity contribution in [3.63, 3.8) is 0 Å². The minimum Gasteiger partial charge on any atom is -0.472 e. The van der Waals surface area contributed by atoms with E-state index < -0.39 is 46.6 Å². The summed E-state index contributed by atoms with van der Waals surface area (Å²) in [6, 6.07) is 1.79. The number of fused-ring (bicyclic) bond motifs is 2. The summed E-state index contributed by atoms with van der Waals surface area (Å²) in [5.74, 6) is -1.63. The SMILES string of the molecule is CC12CC(c3ccoc3)OC(=O)C1CC1OC(=O)C3(O)C(O)CCC2C13C. The van der Waals surface area contributed by atoms with Crippen LogP contribution in [0, 0.1) is 22.7 Å². The second kappa shape index (κ2) is 5.14. The quantitative estimate of drug-likeness (QED) is 0.719. The molecule has 0 aromatic carbocycles. The molecule has 2 N–H and O–H groups in total. The summed E-state index contributed by atoms with van der Waals surface area (Å²) < 4.78 is 16.4. The van der Waals surface area contributed by atoms with Crippen molar-refractivity contribution >= 4 is 11.9 Å². The summed E-state index contributed by atoms with van der Waals surface area (Å²) >= 11 is 0. The molecule has 2 aliphatic carbocycles. The fourth-order valence-corrected chi connectivity index (χ4v) is 6.62. The van der Waals surface area contributed by atoms with Crippen molar-refractivity contribution in [1.29, 1.82) is 0 Å². The van der Waals surface area contributed by atoms with Gasteiger partial charge in [-0.3, -0.25) is 4.79 Å². The Morgan fingerprint density at radius 3 is 2.67 bits per heavy atom. The number of hydrogen-bond acceptors (Lipinski definition) is 7. The van der Waals surface area contributed by atoms with E-state index >= 15 is 0 Å². The summed E-state index contributed by atoms with van der Waals surface area (Å²) in [4.78, 5) is 25.5. The lowest BCUT2D eigenvalue weighted by molar-refractivity contribution is -0.244. The van der Waals surface area contributed by atoms with Gasteiger partial charge in [-0.05, 0) is 43.1 Å². The normalized spacial score (nSPS) is 51.2. The third kappa shape index (κ3) is 1.84. The number of carbonyl (C=O) groups excluding carboxylic acids is 2. The number of hydrogen-bond donors (Lipinski definition) is 2. The highest BCUT2D eigenvalue weighted by atomic mass is 16.6. The summed E-state index contributed by atoms with van der Waals surface area (Å²) in [5.41, 5.74) is -2.54. The van der Waals surface area contributed by atoms with Gasteiger partial charge in [-0.1, -0.05) is 13.8 Å². The first kappa shape index (κ1) is 17.3. The number of cyclic esters (lactones) is 1. The van der Waals surface area contributed by atoms with Gasteiger partial charge in [0.25, 0.3) is 0 Å². The second-order valence-electron chi connectivity index (χ2n) is 9.07. The Hall–Kier alpha value is -1.86. The molecule has 0 bridgehead atoms. The van der Waals surface area contributed by atoms with Gasteiger partial charge in [-0.15, -0.1) is 0 Å². The van der Waals surface area contributed by atoms with Crippen molar-refractivity contribution in [2.24, 2.45) is 22.7 Å². The molecular weight excluding hydrogens is 352 g/mol. The van der Waals surface area contributed by atoms with E-state index in [0.29, 0.717) is 25.7 Å². The van der Waals surface area contributed by atoms with Crippen LogP contribution >= 0.6 is 0 Å². The van der Waals surface area contributed by atoms with Crippen LogP contribution in [0.15, 0.2) is 23.0 Å². The van der Waals surface area contributed by atoms with Crippen molar-refractivity contribution in [2.45, 2.75) is 63.4 Å². The summed E-state index contributed by atoms with van der Waals surface area (Å²) in [7, 11) is 0. The Morgan fingerprint density at radius 2 is 1.96 bits per heavy atom. The molecule has 2 saturated carbocycles. The average Bonchev–Trinajstić information content (AvgIpc) is 3.20. The fourth-order valence-electron chi connectivity index (χ4n) is 6.62. The molecule has 7 nitrogen and oxygen atoms in total. The van der Waals surface area contributed by atoms with Crippen LogP contribution in [-0.4, -0.2) is 40.0 Å². The standard InChI is InChI=1S/C20H24O7/c1-18-8-12(10-5-6-25-9-10)26-16(22)11(18)7-15-19(2)13(18)3-4-14(21)20(19,24)17(23)27-15/h5-6,9,11-15,21,24H,3-4,7-8H2,1-2H3. The van der Waals surface area contributed by atoms with Crippen LogP contribution in [0.3, 0.4) is 0 Å². The number of aliphatic hydroxyl groups excluding tert-OH is 1. The van der Waals surface area contributed by atoms with Gasteiger partial charge < -0.3 is 24.1 Å². The molecular formula is C20H24O7.